The van der Waals surface area contributed by atoms with Crippen molar-refractivity contribution in [2.45, 2.75) is 33.7 Å². The second-order valence-corrected chi connectivity index (χ2v) is 8.56. The zero-order valence-electron chi connectivity index (χ0n) is 19.3. The number of benzene rings is 2. The summed E-state index contributed by atoms with van der Waals surface area (Å²) in [5.41, 5.74) is 3.40. The van der Waals surface area contributed by atoms with Crippen molar-refractivity contribution < 1.29 is 24.2 Å². The first-order valence-electron chi connectivity index (χ1n) is 10.8. The first-order chi connectivity index (χ1) is 15.2. The third-order valence-electron chi connectivity index (χ3n) is 5.64. The molecule has 1 fully saturated rings. The molecule has 170 valence electrons. The van der Waals surface area contributed by atoms with E-state index in [9.17, 15) is 14.7 Å². The molecule has 1 saturated heterocycles. The van der Waals surface area contributed by atoms with E-state index in [0.717, 1.165) is 16.7 Å². The second-order valence-electron chi connectivity index (χ2n) is 8.56. The predicted octanol–water partition coefficient (Wildman–Crippen LogP) is 4.41. The summed E-state index contributed by atoms with van der Waals surface area (Å²) in [7, 11) is 1.54. The number of amides is 1. The minimum absolute atomic E-state index is 0.0882. The SMILES string of the molecule is COCCN1C(=O)C(=O)/C(=C(\O)c2ccc(C)c(C)c2)C1c1ccc(OCC(C)C)cc1. The second kappa shape index (κ2) is 10.0. The van der Waals surface area contributed by atoms with Gasteiger partial charge in [-0.25, -0.2) is 0 Å². The standard InChI is InChI=1S/C26H31NO5/c1-16(2)15-32-21-10-8-19(9-11-21)23-22(25(29)26(30)27(23)12-13-31-5)24(28)20-7-6-17(3)18(4)14-20/h6-11,14,16,23,28H,12-13,15H2,1-5H3/b24-22-. The van der Waals surface area contributed by atoms with E-state index in [1.54, 1.807) is 13.2 Å². The minimum Gasteiger partial charge on any atom is -0.507 e. The molecule has 0 saturated carbocycles. The highest BCUT2D eigenvalue weighted by atomic mass is 16.5. The Morgan fingerprint density at radius 2 is 1.75 bits per heavy atom. The van der Waals surface area contributed by atoms with Gasteiger partial charge in [0.15, 0.2) is 0 Å². The van der Waals surface area contributed by atoms with Crippen LogP contribution < -0.4 is 4.74 Å². The Kier molecular flexibility index (Phi) is 7.36. The van der Waals surface area contributed by atoms with Crippen LogP contribution in [0.4, 0.5) is 0 Å². The number of aliphatic hydroxyl groups is 1. The van der Waals surface area contributed by atoms with Gasteiger partial charge in [0.2, 0.25) is 0 Å². The maximum Gasteiger partial charge on any atom is 0.295 e. The van der Waals surface area contributed by atoms with Gasteiger partial charge in [-0.1, -0.05) is 38.1 Å². The molecule has 1 aliphatic rings. The molecule has 1 unspecified atom stereocenters. The van der Waals surface area contributed by atoms with Crippen LogP contribution in [0.3, 0.4) is 0 Å². The van der Waals surface area contributed by atoms with Gasteiger partial charge in [0, 0.05) is 19.2 Å². The molecule has 2 aromatic carbocycles. The van der Waals surface area contributed by atoms with Crippen LogP contribution >= 0.6 is 0 Å². The molecule has 0 radical (unpaired) electrons. The highest BCUT2D eigenvalue weighted by Gasteiger charge is 2.45. The quantitative estimate of drug-likeness (QED) is 0.376. The van der Waals surface area contributed by atoms with Crippen molar-refractivity contribution in [1.29, 1.82) is 0 Å². The molecule has 0 aromatic heterocycles. The number of carbonyl (C=O) groups is 2. The first-order valence-corrected chi connectivity index (χ1v) is 10.8. The fourth-order valence-corrected chi connectivity index (χ4v) is 3.70. The number of ketones is 1. The maximum atomic E-state index is 13.0. The Bertz CT molecular complexity index is 1020. The molecule has 1 atom stereocenters. The van der Waals surface area contributed by atoms with Gasteiger partial charge in [-0.05, 0) is 54.7 Å². The van der Waals surface area contributed by atoms with Gasteiger partial charge < -0.3 is 19.5 Å². The Morgan fingerprint density at radius 3 is 2.34 bits per heavy atom. The average molecular weight is 438 g/mol. The number of carbonyl (C=O) groups excluding carboxylic acids is 2. The molecule has 1 aliphatic heterocycles. The van der Waals surface area contributed by atoms with E-state index in [4.69, 9.17) is 9.47 Å². The average Bonchev–Trinajstić information content (AvgIpc) is 3.02. The fraction of sp³-hybridized carbons (Fsp3) is 0.385. The smallest absolute Gasteiger partial charge is 0.295 e. The van der Waals surface area contributed by atoms with Crippen LogP contribution in [0.1, 0.15) is 42.1 Å². The number of nitrogens with zero attached hydrogens (tertiary/aromatic N) is 1. The van der Waals surface area contributed by atoms with Gasteiger partial charge in [0.1, 0.15) is 11.5 Å². The summed E-state index contributed by atoms with van der Waals surface area (Å²) < 4.78 is 10.9. The van der Waals surface area contributed by atoms with Crippen molar-refractivity contribution in [2.75, 3.05) is 26.9 Å². The van der Waals surface area contributed by atoms with E-state index in [-0.39, 0.29) is 24.5 Å². The highest BCUT2D eigenvalue weighted by Crippen LogP contribution is 2.39. The van der Waals surface area contributed by atoms with Crippen LogP contribution in [0.5, 0.6) is 5.75 Å². The van der Waals surface area contributed by atoms with Gasteiger partial charge in [-0.2, -0.15) is 0 Å². The number of Topliss-reactive ketones (excluding diaryl/α,β-unsaturated/α-hetero) is 1. The summed E-state index contributed by atoms with van der Waals surface area (Å²) >= 11 is 0. The summed E-state index contributed by atoms with van der Waals surface area (Å²) in [5.74, 6) is -0.393. The monoisotopic (exact) mass is 437 g/mol. The lowest BCUT2D eigenvalue weighted by Gasteiger charge is -2.25. The minimum atomic E-state index is -0.703. The number of likely N-dealkylation sites (tertiary alicyclic amines) is 1. The molecular formula is C26H31NO5. The van der Waals surface area contributed by atoms with Crippen LogP contribution in [0.15, 0.2) is 48.0 Å². The maximum absolute atomic E-state index is 13.0. The molecule has 1 heterocycles. The van der Waals surface area contributed by atoms with E-state index < -0.39 is 17.7 Å². The Morgan fingerprint density at radius 1 is 1.06 bits per heavy atom. The summed E-state index contributed by atoms with van der Waals surface area (Å²) in [6.07, 6.45) is 0. The molecule has 6 heteroatoms. The third kappa shape index (κ3) is 4.86. The molecular weight excluding hydrogens is 406 g/mol. The van der Waals surface area contributed by atoms with E-state index in [1.807, 2.05) is 50.2 Å². The van der Waals surface area contributed by atoms with E-state index in [1.165, 1.54) is 4.90 Å². The molecule has 0 spiro atoms. The van der Waals surface area contributed by atoms with Crippen LogP contribution in [-0.4, -0.2) is 48.6 Å². The van der Waals surface area contributed by atoms with E-state index in [0.29, 0.717) is 23.8 Å². The summed E-state index contributed by atoms with van der Waals surface area (Å²) in [5, 5.41) is 11.1. The number of aryl methyl sites for hydroxylation is 2. The molecule has 1 amide bonds. The Labute approximate surface area is 189 Å². The predicted molar refractivity (Wildman–Crippen MR) is 124 cm³/mol. The van der Waals surface area contributed by atoms with E-state index >= 15 is 0 Å². The van der Waals surface area contributed by atoms with Crippen molar-refractivity contribution in [3.8, 4) is 5.75 Å². The lowest BCUT2D eigenvalue weighted by molar-refractivity contribution is -0.140. The Hall–Kier alpha value is -3.12. The van der Waals surface area contributed by atoms with Crippen molar-refractivity contribution in [2.24, 2.45) is 5.92 Å². The van der Waals surface area contributed by atoms with Gasteiger partial charge >= 0.3 is 0 Å². The van der Waals surface area contributed by atoms with Crippen molar-refractivity contribution in [3.63, 3.8) is 0 Å². The van der Waals surface area contributed by atoms with Gasteiger partial charge in [-0.3, -0.25) is 9.59 Å². The van der Waals surface area contributed by atoms with Crippen molar-refractivity contribution >= 4 is 17.4 Å². The summed E-state index contributed by atoms with van der Waals surface area (Å²) in [6, 6.07) is 12.1. The van der Waals surface area contributed by atoms with Crippen LogP contribution in [0.25, 0.3) is 5.76 Å². The summed E-state index contributed by atoms with van der Waals surface area (Å²) in [4.78, 5) is 27.3. The molecule has 32 heavy (non-hydrogen) atoms. The van der Waals surface area contributed by atoms with Gasteiger partial charge in [0.25, 0.3) is 11.7 Å². The molecule has 6 nitrogen and oxygen atoms in total. The zero-order valence-corrected chi connectivity index (χ0v) is 19.3. The van der Waals surface area contributed by atoms with Gasteiger partial charge in [0.05, 0.1) is 24.8 Å². The van der Waals surface area contributed by atoms with Crippen molar-refractivity contribution in [1.82, 2.24) is 4.90 Å². The molecule has 0 bridgehead atoms. The van der Waals surface area contributed by atoms with E-state index in [2.05, 4.69) is 13.8 Å². The zero-order chi connectivity index (χ0) is 23.4. The molecule has 0 aliphatic carbocycles. The number of methoxy groups -OCH3 is 1. The summed E-state index contributed by atoms with van der Waals surface area (Å²) in [6.45, 7) is 9.18. The molecule has 3 rings (SSSR count). The highest BCUT2D eigenvalue weighted by molar-refractivity contribution is 6.46. The number of rotatable bonds is 8. The lowest BCUT2D eigenvalue weighted by Crippen LogP contribution is -2.32. The largest absolute Gasteiger partial charge is 0.507 e. The third-order valence-corrected chi connectivity index (χ3v) is 5.64. The van der Waals surface area contributed by atoms with Gasteiger partial charge in [-0.15, -0.1) is 0 Å². The normalized spacial score (nSPS) is 17.9. The lowest BCUT2D eigenvalue weighted by atomic mass is 9.94. The number of ether oxygens (including phenoxy) is 2. The van der Waals surface area contributed by atoms with Crippen molar-refractivity contribution in [3.05, 3.63) is 70.3 Å². The number of aliphatic hydroxyl groups excluding tert-OH is 1. The van der Waals surface area contributed by atoms with Crippen LogP contribution in [0.2, 0.25) is 0 Å². The number of hydrogen-bond donors (Lipinski definition) is 1. The molecule has 1 N–H and O–H groups in total. The Balaban J connectivity index is 2.06. The topological polar surface area (TPSA) is 76.1 Å². The van der Waals surface area contributed by atoms with Crippen LogP contribution in [0, 0.1) is 19.8 Å². The first kappa shape index (κ1) is 23.5. The molecule has 2 aromatic rings. The van der Waals surface area contributed by atoms with Crippen LogP contribution in [-0.2, 0) is 14.3 Å². The number of hydrogen-bond acceptors (Lipinski definition) is 5. The fourth-order valence-electron chi connectivity index (χ4n) is 3.70.